The first kappa shape index (κ1) is 16.7. The number of nitrogens with zero attached hydrogens (tertiary/aromatic N) is 3. The maximum atomic E-state index is 10.8. The van der Waals surface area contributed by atoms with E-state index in [1.807, 2.05) is 6.07 Å². The number of rotatable bonds is 5. The highest BCUT2D eigenvalue weighted by Crippen LogP contribution is 2.25. The number of hydrogen-bond acceptors (Lipinski definition) is 6. The molecule has 24 heavy (non-hydrogen) atoms. The van der Waals surface area contributed by atoms with Crippen molar-refractivity contribution in [3.8, 4) is 6.07 Å². The molecule has 7 heteroatoms. The lowest BCUT2D eigenvalue weighted by Gasteiger charge is -2.34. The lowest BCUT2D eigenvalue weighted by atomic mass is 10.0. The second kappa shape index (κ2) is 7.60. The highest BCUT2D eigenvalue weighted by Gasteiger charge is 2.24. The molecule has 0 amide bonds. The average Bonchev–Trinajstić information content (AvgIpc) is 3.10. The van der Waals surface area contributed by atoms with E-state index >= 15 is 0 Å². The van der Waals surface area contributed by atoms with Gasteiger partial charge in [0.2, 0.25) is 0 Å². The summed E-state index contributed by atoms with van der Waals surface area (Å²) in [4.78, 5) is 12.8. The molecule has 1 aromatic rings. The van der Waals surface area contributed by atoms with E-state index in [4.69, 9.17) is 4.74 Å². The van der Waals surface area contributed by atoms with Crippen LogP contribution in [-0.4, -0.2) is 48.7 Å². The quantitative estimate of drug-likeness (QED) is 0.658. The van der Waals surface area contributed by atoms with Gasteiger partial charge in [-0.05, 0) is 31.2 Å². The molecule has 2 saturated heterocycles. The number of nitro groups is 1. The zero-order chi connectivity index (χ0) is 16.9. The van der Waals surface area contributed by atoms with Gasteiger partial charge in [0.1, 0.15) is 6.07 Å². The molecule has 0 saturated carbocycles. The summed E-state index contributed by atoms with van der Waals surface area (Å²) in [6, 6.07) is 6.76. The van der Waals surface area contributed by atoms with E-state index in [0.717, 1.165) is 52.1 Å². The predicted octanol–water partition coefficient (Wildman–Crippen LogP) is 2.38. The summed E-state index contributed by atoms with van der Waals surface area (Å²) in [6.45, 7) is 4.94. The average molecular weight is 330 g/mol. The van der Waals surface area contributed by atoms with Crippen LogP contribution >= 0.6 is 0 Å². The molecule has 2 aliphatic heterocycles. The Morgan fingerprint density at radius 1 is 1.38 bits per heavy atom. The number of nitrogens with one attached hydrogen (secondary N) is 1. The van der Waals surface area contributed by atoms with Crippen molar-refractivity contribution in [1.82, 2.24) is 4.90 Å². The minimum absolute atomic E-state index is 0.0503. The first-order chi connectivity index (χ1) is 11.7. The fourth-order valence-corrected chi connectivity index (χ4v) is 3.44. The van der Waals surface area contributed by atoms with Crippen LogP contribution in [0.2, 0.25) is 0 Å². The summed E-state index contributed by atoms with van der Waals surface area (Å²) in [7, 11) is 0. The van der Waals surface area contributed by atoms with Gasteiger partial charge in [-0.25, -0.2) is 0 Å². The van der Waals surface area contributed by atoms with Crippen molar-refractivity contribution in [2.24, 2.45) is 5.92 Å². The number of ether oxygens (including phenoxy) is 1. The van der Waals surface area contributed by atoms with Crippen molar-refractivity contribution < 1.29 is 9.66 Å². The Kier molecular flexibility index (Phi) is 5.28. The van der Waals surface area contributed by atoms with Crippen LogP contribution in [0.1, 0.15) is 24.8 Å². The van der Waals surface area contributed by atoms with E-state index in [1.165, 1.54) is 12.1 Å². The molecule has 2 aliphatic rings. The normalized spacial score (nSPS) is 22.2. The van der Waals surface area contributed by atoms with Gasteiger partial charge in [0.25, 0.3) is 5.69 Å². The molecule has 1 N–H and O–H groups in total. The predicted molar refractivity (Wildman–Crippen MR) is 89.8 cm³/mol. The molecule has 1 atom stereocenters. The van der Waals surface area contributed by atoms with Crippen molar-refractivity contribution in [3.05, 3.63) is 33.9 Å². The summed E-state index contributed by atoms with van der Waals surface area (Å²) in [5.41, 5.74) is 0.964. The zero-order valence-corrected chi connectivity index (χ0v) is 13.6. The Morgan fingerprint density at radius 2 is 2.17 bits per heavy atom. The second-order valence-electron chi connectivity index (χ2n) is 6.55. The molecule has 0 bridgehead atoms. The summed E-state index contributed by atoms with van der Waals surface area (Å²) in [5, 5.41) is 23.4. The van der Waals surface area contributed by atoms with Crippen LogP contribution < -0.4 is 5.32 Å². The van der Waals surface area contributed by atoms with Crippen LogP contribution in [-0.2, 0) is 4.74 Å². The van der Waals surface area contributed by atoms with Gasteiger partial charge >= 0.3 is 0 Å². The fraction of sp³-hybridized carbons (Fsp3) is 0.588. The second-order valence-corrected chi connectivity index (χ2v) is 6.55. The Balaban J connectivity index is 1.54. The first-order valence-electron chi connectivity index (χ1n) is 8.41. The molecular weight excluding hydrogens is 308 g/mol. The largest absolute Gasteiger partial charge is 0.381 e. The van der Waals surface area contributed by atoms with Gasteiger partial charge in [-0.3, -0.25) is 10.1 Å². The molecule has 2 heterocycles. The number of non-ortho nitro benzene ring substituents is 1. The van der Waals surface area contributed by atoms with E-state index in [0.29, 0.717) is 23.2 Å². The SMILES string of the molecule is N#Cc1cc([N+](=O)[O-])ccc1NC1CCN(CC2CCOC2)CC1. The Labute approximate surface area is 141 Å². The van der Waals surface area contributed by atoms with Crippen molar-refractivity contribution >= 4 is 11.4 Å². The molecule has 1 aromatic carbocycles. The summed E-state index contributed by atoms with van der Waals surface area (Å²) < 4.78 is 5.43. The van der Waals surface area contributed by atoms with Crippen LogP contribution in [0.15, 0.2) is 18.2 Å². The van der Waals surface area contributed by atoms with Crippen LogP contribution in [0.25, 0.3) is 0 Å². The van der Waals surface area contributed by atoms with Crippen LogP contribution in [0.5, 0.6) is 0 Å². The van der Waals surface area contributed by atoms with Crippen molar-refractivity contribution in [3.63, 3.8) is 0 Å². The molecule has 0 aromatic heterocycles. The molecule has 0 radical (unpaired) electrons. The van der Waals surface area contributed by atoms with E-state index < -0.39 is 4.92 Å². The van der Waals surface area contributed by atoms with E-state index in [1.54, 1.807) is 6.07 Å². The standard InChI is InChI=1S/C17H22N4O3/c18-10-14-9-16(21(22)23)1-2-17(14)19-15-3-6-20(7-4-15)11-13-5-8-24-12-13/h1-2,9,13,15,19H,3-8,11-12H2. The van der Waals surface area contributed by atoms with Crippen molar-refractivity contribution in [1.29, 1.82) is 5.26 Å². The topological polar surface area (TPSA) is 91.4 Å². The van der Waals surface area contributed by atoms with E-state index in [9.17, 15) is 15.4 Å². The van der Waals surface area contributed by atoms with Gasteiger partial charge in [-0.2, -0.15) is 5.26 Å². The minimum atomic E-state index is -0.476. The lowest BCUT2D eigenvalue weighted by molar-refractivity contribution is -0.384. The Hall–Kier alpha value is -2.17. The van der Waals surface area contributed by atoms with Gasteiger partial charge in [-0.1, -0.05) is 0 Å². The number of likely N-dealkylation sites (tertiary alicyclic amines) is 1. The number of nitriles is 1. The third kappa shape index (κ3) is 4.02. The van der Waals surface area contributed by atoms with Crippen LogP contribution in [0.3, 0.4) is 0 Å². The number of piperidine rings is 1. The van der Waals surface area contributed by atoms with Crippen LogP contribution in [0, 0.1) is 27.4 Å². The smallest absolute Gasteiger partial charge is 0.270 e. The fourth-order valence-electron chi connectivity index (χ4n) is 3.44. The summed E-state index contributed by atoms with van der Waals surface area (Å²) in [6.07, 6.45) is 3.18. The molecule has 2 fully saturated rings. The van der Waals surface area contributed by atoms with Gasteiger partial charge in [0.05, 0.1) is 22.8 Å². The Bertz CT molecular complexity index is 629. The maximum absolute atomic E-state index is 10.8. The van der Waals surface area contributed by atoms with Gasteiger partial charge in [0.15, 0.2) is 0 Å². The molecule has 1 unspecified atom stereocenters. The summed E-state index contributed by atoms with van der Waals surface area (Å²) >= 11 is 0. The lowest BCUT2D eigenvalue weighted by Crippen LogP contribution is -2.41. The highest BCUT2D eigenvalue weighted by atomic mass is 16.6. The van der Waals surface area contributed by atoms with Gasteiger partial charge in [0, 0.05) is 44.4 Å². The number of benzene rings is 1. The minimum Gasteiger partial charge on any atom is -0.381 e. The summed E-state index contributed by atoms with van der Waals surface area (Å²) in [5.74, 6) is 0.661. The zero-order valence-electron chi connectivity index (χ0n) is 13.6. The van der Waals surface area contributed by atoms with Crippen molar-refractivity contribution in [2.75, 3.05) is 38.2 Å². The van der Waals surface area contributed by atoms with Crippen LogP contribution in [0.4, 0.5) is 11.4 Å². The van der Waals surface area contributed by atoms with Gasteiger partial charge in [-0.15, -0.1) is 0 Å². The molecule has 0 spiro atoms. The number of hydrogen-bond donors (Lipinski definition) is 1. The third-order valence-electron chi connectivity index (χ3n) is 4.82. The molecule has 7 nitrogen and oxygen atoms in total. The Morgan fingerprint density at radius 3 is 2.79 bits per heavy atom. The molecule has 0 aliphatic carbocycles. The molecule has 3 rings (SSSR count). The number of anilines is 1. The first-order valence-corrected chi connectivity index (χ1v) is 8.41. The van der Waals surface area contributed by atoms with Crippen molar-refractivity contribution in [2.45, 2.75) is 25.3 Å². The monoisotopic (exact) mass is 330 g/mol. The number of nitro benzene ring substituents is 1. The van der Waals surface area contributed by atoms with Gasteiger partial charge < -0.3 is 15.0 Å². The highest BCUT2D eigenvalue weighted by molar-refractivity contribution is 5.61. The maximum Gasteiger partial charge on any atom is 0.270 e. The van der Waals surface area contributed by atoms with E-state index in [-0.39, 0.29) is 5.69 Å². The van der Waals surface area contributed by atoms with E-state index in [2.05, 4.69) is 10.2 Å². The third-order valence-corrected chi connectivity index (χ3v) is 4.82. The molecule has 128 valence electrons. The molecular formula is C17H22N4O3.